The molecule has 0 saturated carbocycles. The second-order valence-corrected chi connectivity index (χ2v) is 9.87. The zero-order valence-corrected chi connectivity index (χ0v) is 19.7. The third-order valence-corrected chi connectivity index (χ3v) is 6.69. The van der Waals surface area contributed by atoms with Crippen LogP contribution in [0.15, 0.2) is 41.3 Å². The molecule has 1 aromatic heterocycles. The van der Waals surface area contributed by atoms with E-state index in [-0.39, 0.29) is 28.9 Å². The van der Waals surface area contributed by atoms with Crippen molar-refractivity contribution >= 4 is 32.5 Å². The lowest BCUT2D eigenvalue weighted by atomic mass is 10.0. The maximum atomic E-state index is 13.0. The van der Waals surface area contributed by atoms with Crippen LogP contribution in [0.5, 0.6) is 11.5 Å². The molecule has 32 heavy (non-hydrogen) atoms. The lowest BCUT2D eigenvalue weighted by Gasteiger charge is -2.14. The van der Waals surface area contributed by atoms with Crippen LogP contribution in [0.2, 0.25) is 0 Å². The van der Waals surface area contributed by atoms with E-state index in [0.717, 1.165) is 22.3 Å². The standard InChI is InChI=1S/C22H25ClF2N2O4S/c1-13(2)15-5-8-20(30-4)21(11-15)32(28,29)26-10-9-17-14(3)27-19-7-6-16(12-18(17)19)31-22(23,24)25/h5-8,11-13,26-27H,9-10H2,1-4H3. The van der Waals surface area contributed by atoms with Gasteiger partial charge < -0.3 is 14.5 Å². The van der Waals surface area contributed by atoms with Crippen molar-refractivity contribution < 1.29 is 26.7 Å². The van der Waals surface area contributed by atoms with Crippen molar-refractivity contribution in [3.8, 4) is 11.5 Å². The maximum absolute atomic E-state index is 13.0. The quantitative estimate of drug-likeness (QED) is 0.402. The SMILES string of the molecule is COc1ccc(C(C)C)cc1S(=O)(=O)NCCc1c(C)[nH]c2ccc(OC(F)(F)Cl)cc12. The summed E-state index contributed by atoms with van der Waals surface area (Å²) in [6.07, 6.45) is 0.331. The number of rotatable bonds is 9. The van der Waals surface area contributed by atoms with E-state index in [9.17, 15) is 17.2 Å². The van der Waals surface area contributed by atoms with E-state index in [0.29, 0.717) is 11.8 Å². The summed E-state index contributed by atoms with van der Waals surface area (Å²) in [4.78, 5) is 3.23. The van der Waals surface area contributed by atoms with E-state index in [1.165, 1.54) is 19.2 Å². The van der Waals surface area contributed by atoms with Crippen molar-refractivity contribution in [2.75, 3.05) is 13.7 Å². The fourth-order valence-corrected chi connectivity index (χ4v) is 4.85. The molecule has 10 heteroatoms. The summed E-state index contributed by atoms with van der Waals surface area (Å²) in [6, 6.07) is 9.53. The number of hydrogen-bond acceptors (Lipinski definition) is 4. The van der Waals surface area contributed by atoms with E-state index < -0.39 is 15.6 Å². The van der Waals surface area contributed by atoms with Crippen LogP contribution in [0.25, 0.3) is 10.9 Å². The Hall–Kier alpha value is -2.36. The molecule has 0 spiro atoms. The number of H-pyrrole nitrogens is 1. The van der Waals surface area contributed by atoms with Crippen molar-refractivity contribution in [2.24, 2.45) is 0 Å². The number of aromatic amines is 1. The van der Waals surface area contributed by atoms with Crippen LogP contribution >= 0.6 is 11.6 Å². The highest BCUT2D eigenvalue weighted by molar-refractivity contribution is 7.89. The summed E-state index contributed by atoms with van der Waals surface area (Å²) >= 11 is 4.86. The first-order valence-corrected chi connectivity index (χ1v) is 11.8. The van der Waals surface area contributed by atoms with Gasteiger partial charge in [0.05, 0.1) is 7.11 Å². The number of aryl methyl sites for hydroxylation is 1. The highest BCUT2D eigenvalue weighted by Crippen LogP contribution is 2.31. The number of benzene rings is 2. The van der Waals surface area contributed by atoms with Gasteiger partial charge in [-0.2, -0.15) is 0 Å². The van der Waals surface area contributed by atoms with Gasteiger partial charge in [-0.1, -0.05) is 19.9 Å². The summed E-state index contributed by atoms with van der Waals surface area (Å²) in [6.45, 7) is 5.88. The Bertz CT molecular complexity index is 1220. The van der Waals surface area contributed by atoms with Crippen LogP contribution < -0.4 is 14.2 Å². The van der Waals surface area contributed by atoms with Gasteiger partial charge in [-0.3, -0.25) is 0 Å². The first kappa shape index (κ1) is 24.3. The molecule has 1 heterocycles. The molecule has 3 rings (SSSR count). The first-order chi connectivity index (χ1) is 14.9. The number of alkyl halides is 3. The Morgan fingerprint density at radius 1 is 1.19 bits per heavy atom. The monoisotopic (exact) mass is 486 g/mol. The first-order valence-electron chi connectivity index (χ1n) is 9.96. The predicted octanol–water partition coefficient (Wildman–Crippen LogP) is 5.30. The van der Waals surface area contributed by atoms with Gasteiger partial charge in [-0.25, -0.2) is 13.1 Å². The summed E-state index contributed by atoms with van der Waals surface area (Å²) in [7, 11) is -2.42. The molecule has 3 aromatic rings. The average Bonchev–Trinajstić information content (AvgIpc) is 3.01. The molecule has 0 atom stereocenters. The minimum Gasteiger partial charge on any atom is -0.495 e. The van der Waals surface area contributed by atoms with E-state index in [4.69, 9.17) is 16.3 Å². The number of aromatic nitrogens is 1. The third kappa shape index (κ3) is 5.51. The molecule has 0 unspecified atom stereocenters. The Kier molecular flexibility index (Phi) is 7.02. The zero-order chi connectivity index (χ0) is 23.7. The minimum atomic E-state index is -3.84. The molecular weight excluding hydrogens is 462 g/mol. The number of sulfonamides is 1. The fraction of sp³-hybridized carbons (Fsp3) is 0.364. The van der Waals surface area contributed by atoms with Crippen LogP contribution in [0.4, 0.5) is 8.78 Å². The average molecular weight is 487 g/mol. The van der Waals surface area contributed by atoms with E-state index in [1.807, 2.05) is 26.8 Å². The van der Waals surface area contributed by atoms with Crippen molar-refractivity contribution in [3.63, 3.8) is 0 Å². The molecule has 0 radical (unpaired) electrons. The van der Waals surface area contributed by atoms with Crippen LogP contribution in [-0.4, -0.2) is 32.6 Å². The van der Waals surface area contributed by atoms with Crippen molar-refractivity contribution in [3.05, 3.63) is 53.2 Å². The number of ether oxygens (including phenoxy) is 2. The molecule has 0 aliphatic carbocycles. The minimum absolute atomic E-state index is 0.0712. The number of methoxy groups -OCH3 is 1. The number of nitrogens with one attached hydrogen (secondary N) is 2. The van der Waals surface area contributed by atoms with Gasteiger partial charge in [-0.15, -0.1) is 8.78 Å². The van der Waals surface area contributed by atoms with Crippen LogP contribution in [0.3, 0.4) is 0 Å². The highest BCUT2D eigenvalue weighted by atomic mass is 35.5. The van der Waals surface area contributed by atoms with Gasteiger partial charge in [0.25, 0.3) is 0 Å². The number of fused-ring (bicyclic) bond motifs is 1. The lowest BCUT2D eigenvalue weighted by molar-refractivity contribution is -0.0964. The summed E-state index contributed by atoms with van der Waals surface area (Å²) in [5.74, 6) is 0.322. The fourth-order valence-electron chi connectivity index (χ4n) is 3.53. The van der Waals surface area contributed by atoms with Gasteiger partial charge in [0.1, 0.15) is 16.4 Å². The van der Waals surface area contributed by atoms with Gasteiger partial charge in [0.15, 0.2) is 0 Å². The molecule has 0 saturated heterocycles. The maximum Gasteiger partial charge on any atom is 0.487 e. The number of halogens is 3. The molecule has 0 amide bonds. The van der Waals surface area contributed by atoms with Gasteiger partial charge >= 0.3 is 5.57 Å². The Labute approximate surface area is 190 Å². The van der Waals surface area contributed by atoms with Gasteiger partial charge in [-0.05, 0) is 60.7 Å². The van der Waals surface area contributed by atoms with Crippen molar-refractivity contribution in [1.82, 2.24) is 9.71 Å². The Morgan fingerprint density at radius 3 is 2.53 bits per heavy atom. The van der Waals surface area contributed by atoms with E-state index in [1.54, 1.807) is 18.2 Å². The van der Waals surface area contributed by atoms with Crippen LogP contribution in [0, 0.1) is 6.92 Å². The molecular formula is C22H25ClF2N2O4S. The van der Waals surface area contributed by atoms with Crippen molar-refractivity contribution in [1.29, 1.82) is 0 Å². The molecule has 0 aliphatic rings. The molecule has 0 aliphatic heterocycles. The number of hydrogen-bond donors (Lipinski definition) is 2. The normalized spacial score (nSPS) is 12.5. The second-order valence-electron chi connectivity index (χ2n) is 7.70. The predicted molar refractivity (Wildman–Crippen MR) is 120 cm³/mol. The van der Waals surface area contributed by atoms with Gasteiger partial charge in [0, 0.05) is 34.7 Å². The van der Waals surface area contributed by atoms with E-state index in [2.05, 4.69) is 14.4 Å². The molecule has 2 N–H and O–H groups in total. The second kappa shape index (κ2) is 9.25. The zero-order valence-electron chi connectivity index (χ0n) is 18.1. The molecule has 0 fully saturated rings. The largest absolute Gasteiger partial charge is 0.495 e. The van der Waals surface area contributed by atoms with E-state index >= 15 is 0 Å². The van der Waals surface area contributed by atoms with Crippen LogP contribution in [0.1, 0.15) is 36.6 Å². The van der Waals surface area contributed by atoms with Crippen molar-refractivity contribution in [2.45, 2.75) is 43.6 Å². The smallest absolute Gasteiger partial charge is 0.487 e. The summed E-state index contributed by atoms with van der Waals surface area (Å²) < 4.78 is 64.2. The summed E-state index contributed by atoms with van der Waals surface area (Å²) in [5, 5.41) is 0.652. The molecule has 0 bridgehead atoms. The lowest BCUT2D eigenvalue weighted by Crippen LogP contribution is -2.26. The Balaban J connectivity index is 1.82. The topological polar surface area (TPSA) is 80.4 Å². The molecule has 6 nitrogen and oxygen atoms in total. The molecule has 2 aromatic carbocycles. The van der Waals surface area contributed by atoms with Crippen LogP contribution in [-0.2, 0) is 16.4 Å². The third-order valence-electron chi connectivity index (χ3n) is 5.14. The highest BCUT2D eigenvalue weighted by Gasteiger charge is 2.28. The Morgan fingerprint density at radius 2 is 1.91 bits per heavy atom. The summed E-state index contributed by atoms with van der Waals surface area (Å²) in [5.41, 5.74) is -0.639. The van der Waals surface area contributed by atoms with Gasteiger partial charge in [0.2, 0.25) is 10.0 Å². The molecule has 174 valence electrons.